The summed E-state index contributed by atoms with van der Waals surface area (Å²) < 4.78 is 7.24. The summed E-state index contributed by atoms with van der Waals surface area (Å²) >= 11 is 0. The molecule has 0 spiro atoms. The van der Waals surface area contributed by atoms with Gasteiger partial charge in [0.25, 0.3) is 0 Å². The highest BCUT2D eigenvalue weighted by Gasteiger charge is 2.23. The fourth-order valence-corrected chi connectivity index (χ4v) is 9.13. The second kappa shape index (κ2) is 12.0. The Morgan fingerprint density at radius 1 is 0.607 bits per heavy atom. The second-order valence-corrected chi connectivity index (χ2v) is 14.7. The zero-order chi connectivity index (χ0) is 36.7. The topological polar surface area (TPSA) is 52.6 Å². The summed E-state index contributed by atoms with van der Waals surface area (Å²) in [5.74, 6) is 0. The van der Waals surface area contributed by atoms with Gasteiger partial charge in [-0.1, -0.05) is 66.7 Å². The molecule has 0 fully saturated rings. The molecule has 5 aromatic heterocycles. The average molecular weight is 719 g/mol. The molecule has 0 unspecified atom stereocenters. The third-order valence-electron chi connectivity index (χ3n) is 11.6. The molecule has 0 amide bonds. The summed E-state index contributed by atoms with van der Waals surface area (Å²) in [5, 5.41) is 10.9. The van der Waals surface area contributed by atoms with Crippen molar-refractivity contribution in [3.05, 3.63) is 198 Å². The van der Waals surface area contributed by atoms with Crippen LogP contribution in [0.15, 0.2) is 170 Å². The third-order valence-corrected chi connectivity index (χ3v) is 11.6. The molecule has 6 heterocycles. The molecule has 6 heteroatoms. The van der Waals surface area contributed by atoms with E-state index < -0.39 is 0 Å². The maximum atomic E-state index is 5.17. The molecule has 10 aromatic rings. The second-order valence-electron chi connectivity index (χ2n) is 14.7. The standard InChI is InChI=1S/C50H34N6/c1-2-8-37(9-3-1)54-26-21-35-27-48-50-36(28-47(35)54)14-13-34-7-6-12-46(49(34)50)55(48)38-15-16-45-41(29-38)40-10-4-5-11-44(40)56(45)39-30-42(32-17-22-51-23-18-32)53-43(31-39)33-19-24-52-25-20-33/h1-24,26-27,29-31,52H,25,28H2. The van der Waals surface area contributed by atoms with Gasteiger partial charge in [-0.05, 0) is 113 Å². The largest absolute Gasteiger partial charge is 0.387 e. The van der Waals surface area contributed by atoms with Crippen molar-refractivity contribution in [2.75, 3.05) is 6.54 Å². The van der Waals surface area contributed by atoms with Crippen LogP contribution in [-0.4, -0.2) is 30.2 Å². The van der Waals surface area contributed by atoms with Crippen molar-refractivity contribution in [3.8, 4) is 28.3 Å². The quantitative estimate of drug-likeness (QED) is 0.193. The van der Waals surface area contributed by atoms with Gasteiger partial charge in [-0.25, -0.2) is 4.98 Å². The number of hydrogen-bond acceptors (Lipinski definition) is 3. The van der Waals surface area contributed by atoms with E-state index in [0.717, 1.165) is 57.9 Å². The van der Waals surface area contributed by atoms with Crippen LogP contribution in [0.2, 0.25) is 0 Å². The average Bonchev–Trinajstić information content (AvgIpc) is 3.89. The minimum atomic E-state index is 0.771. The molecule has 1 aliphatic carbocycles. The lowest BCUT2D eigenvalue weighted by molar-refractivity contribution is 0.962. The first-order chi connectivity index (χ1) is 27.8. The number of benzene rings is 5. The number of nitrogens with one attached hydrogen (secondary N) is 1. The van der Waals surface area contributed by atoms with Crippen molar-refractivity contribution in [3.63, 3.8) is 0 Å². The first kappa shape index (κ1) is 31.0. The van der Waals surface area contributed by atoms with Gasteiger partial charge in [0.1, 0.15) is 0 Å². The number of nitrogens with zero attached hydrogens (tertiary/aromatic N) is 5. The molecule has 12 rings (SSSR count). The van der Waals surface area contributed by atoms with Crippen molar-refractivity contribution in [2.45, 2.75) is 6.42 Å². The summed E-state index contributed by atoms with van der Waals surface area (Å²) in [6.07, 6.45) is 15.5. The Kier molecular flexibility index (Phi) is 6.65. The highest BCUT2D eigenvalue weighted by molar-refractivity contribution is 6.13. The molecular weight excluding hydrogens is 685 g/mol. The van der Waals surface area contributed by atoms with Crippen LogP contribution in [0.3, 0.4) is 0 Å². The van der Waals surface area contributed by atoms with Gasteiger partial charge < -0.3 is 19.0 Å². The Hall–Kier alpha value is -7.44. The molecule has 1 aliphatic heterocycles. The number of pyridine rings is 2. The van der Waals surface area contributed by atoms with E-state index in [2.05, 4.69) is 170 Å². The normalized spacial score (nSPS) is 13.5. The first-order valence-electron chi connectivity index (χ1n) is 19.2. The van der Waals surface area contributed by atoms with E-state index in [4.69, 9.17) is 4.98 Å². The van der Waals surface area contributed by atoms with E-state index in [1.807, 2.05) is 30.7 Å². The van der Waals surface area contributed by atoms with Crippen LogP contribution in [0, 0.1) is 0 Å². The molecule has 0 saturated heterocycles. The number of dihydropyridines is 1. The van der Waals surface area contributed by atoms with Gasteiger partial charge in [0.05, 0.1) is 39.0 Å². The number of hydrogen-bond donors (Lipinski definition) is 1. The Morgan fingerprint density at radius 2 is 1.45 bits per heavy atom. The van der Waals surface area contributed by atoms with Crippen molar-refractivity contribution in [1.29, 1.82) is 0 Å². The predicted molar refractivity (Wildman–Crippen MR) is 229 cm³/mol. The summed E-state index contributed by atoms with van der Waals surface area (Å²) in [6.45, 7) is 0.771. The Bertz CT molecular complexity index is 3320. The lowest BCUT2D eigenvalue weighted by Crippen LogP contribution is -2.15. The number of fused-ring (bicyclic) bond motifs is 4. The van der Waals surface area contributed by atoms with Crippen LogP contribution in [0.1, 0.15) is 22.5 Å². The van der Waals surface area contributed by atoms with Crippen LogP contribution in [0.5, 0.6) is 0 Å². The minimum Gasteiger partial charge on any atom is -0.387 e. The molecule has 2 aliphatic rings. The number of para-hydroxylation sites is 2. The van der Waals surface area contributed by atoms with E-state index in [0.29, 0.717) is 0 Å². The van der Waals surface area contributed by atoms with Crippen molar-refractivity contribution < 1.29 is 0 Å². The summed E-state index contributed by atoms with van der Waals surface area (Å²) in [7, 11) is 0. The maximum Gasteiger partial charge on any atom is 0.0731 e. The number of aromatic nitrogens is 5. The van der Waals surface area contributed by atoms with Gasteiger partial charge >= 0.3 is 0 Å². The zero-order valence-electron chi connectivity index (χ0n) is 30.4. The molecule has 264 valence electrons. The fraction of sp³-hybridized carbons (Fsp3) is 0.0400. The SMILES string of the molecule is C1=CC(c2cc(-n3c4ccccc4c4cc(-n5c6c7c(ccc8cccc5c87)Cc5c(ccn5-c5ccccc5)C=6)ccc43)cc(-c3ccncc3)n2)=CCN1. The molecule has 1 N–H and O–H groups in total. The maximum absolute atomic E-state index is 5.17. The summed E-state index contributed by atoms with van der Waals surface area (Å²) in [5.41, 5.74) is 14.8. The predicted octanol–water partition coefficient (Wildman–Crippen LogP) is 10.1. The van der Waals surface area contributed by atoms with Gasteiger partial charge in [-0.15, -0.1) is 0 Å². The minimum absolute atomic E-state index is 0.771. The van der Waals surface area contributed by atoms with Gasteiger partial charge in [-0.2, -0.15) is 0 Å². The zero-order valence-corrected chi connectivity index (χ0v) is 30.4. The van der Waals surface area contributed by atoms with Gasteiger partial charge in [0.15, 0.2) is 0 Å². The Labute approximate surface area is 322 Å². The van der Waals surface area contributed by atoms with Gasteiger partial charge in [0, 0.05) is 75.7 Å². The lowest BCUT2D eigenvalue weighted by Gasteiger charge is -2.15. The van der Waals surface area contributed by atoms with E-state index >= 15 is 0 Å². The first-order valence-corrected chi connectivity index (χ1v) is 19.2. The highest BCUT2D eigenvalue weighted by atomic mass is 15.0. The lowest BCUT2D eigenvalue weighted by atomic mass is 10.00. The van der Waals surface area contributed by atoms with Crippen molar-refractivity contribution >= 4 is 55.1 Å². The monoisotopic (exact) mass is 718 g/mol. The molecule has 0 radical (unpaired) electrons. The molecule has 5 aromatic carbocycles. The van der Waals surface area contributed by atoms with E-state index in [-0.39, 0.29) is 0 Å². The Balaban J connectivity index is 1.11. The molecule has 0 saturated carbocycles. The smallest absolute Gasteiger partial charge is 0.0731 e. The van der Waals surface area contributed by atoms with Crippen LogP contribution in [-0.2, 0) is 6.42 Å². The summed E-state index contributed by atoms with van der Waals surface area (Å²) in [4.78, 5) is 9.45. The molecule has 0 bridgehead atoms. The molecular formula is C50H34N6. The van der Waals surface area contributed by atoms with Gasteiger partial charge in [0.2, 0.25) is 0 Å². The summed E-state index contributed by atoms with van der Waals surface area (Å²) in [6, 6.07) is 48.6. The van der Waals surface area contributed by atoms with Crippen LogP contribution < -0.4 is 10.7 Å². The molecule has 0 atom stereocenters. The van der Waals surface area contributed by atoms with E-state index in [9.17, 15) is 0 Å². The van der Waals surface area contributed by atoms with Gasteiger partial charge in [-0.3, -0.25) is 4.98 Å². The Morgan fingerprint density at radius 3 is 2.34 bits per heavy atom. The van der Waals surface area contributed by atoms with Crippen LogP contribution in [0.25, 0.3) is 83.4 Å². The van der Waals surface area contributed by atoms with Crippen molar-refractivity contribution in [2.24, 2.45) is 0 Å². The molecule has 56 heavy (non-hydrogen) atoms. The van der Waals surface area contributed by atoms with E-state index in [1.54, 1.807) is 0 Å². The number of allylic oxidation sites excluding steroid dienone is 2. The molecule has 6 nitrogen and oxygen atoms in total. The van der Waals surface area contributed by atoms with Crippen LogP contribution >= 0.6 is 0 Å². The van der Waals surface area contributed by atoms with Crippen molar-refractivity contribution in [1.82, 2.24) is 29.0 Å². The third kappa shape index (κ3) is 4.62. The van der Waals surface area contributed by atoms with Crippen LogP contribution in [0.4, 0.5) is 0 Å². The highest BCUT2D eigenvalue weighted by Crippen LogP contribution is 2.38. The van der Waals surface area contributed by atoms with E-state index in [1.165, 1.54) is 60.3 Å². The fourth-order valence-electron chi connectivity index (χ4n) is 9.13. The number of rotatable bonds is 5.